The Morgan fingerprint density at radius 1 is 1.00 bits per heavy atom. The van der Waals surface area contributed by atoms with E-state index in [4.69, 9.17) is 4.74 Å². The van der Waals surface area contributed by atoms with Gasteiger partial charge < -0.3 is 9.53 Å². The van der Waals surface area contributed by atoms with E-state index in [1.54, 1.807) is 0 Å². The van der Waals surface area contributed by atoms with Gasteiger partial charge >= 0.3 is 5.97 Å². The zero-order valence-corrected chi connectivity index (χ0v) is 15.2. The number of hydrogen-bond donors (Lipinski definition) is 0. The van der Waals surface area contributed by atoms with Crippen LogP contribution in [-0.2, 0) is 14.3 Å². The van der Waals surface area contributed by atoms with Crippen molar-refractivity contribution in [1.29, 1.82) is 0 Å². The van der Waals surface area contributed by atoms with Crippen LogP contribution in [0.2, 0.25) is 0 Å². The summed E-state index contributed by atoms with van der Waals surface area (Å²) in [6.45, 7) is 18.6. The van der Waals surface area contributed by atoms with Crippen LogP contribution in [0.25, 0.3) is 0 Å². The predicted octanol–water partition coefficient (Wildman–Crippen LogP) is 4.24. The third-order valence-corrected chi connectivity index (χ3v) is 6.92. The fraction of sp³-hybridized carbons (Fsp3) is 0.889. The highest BCUT2D eigenvalue weighted by Crippen LogP contribution is 2.63. The number of hydrogen-bond acceptors (Lipinski definition) is 3. The Kier molecular flexibility index (Phi) is 4.42. The second-order valence-electron chi connectivity index (χ2n) is 8.73. The summed E-state index contributed by atoms with van der Waals surface area (Å²) in [6.07, 6.45) is 1.53. The summed E-state index contributed by atoms with van der Waals surface area (Å²) in [7, 11) is 0. The molecule has 1 saturated heterocycles. The van der Waals surface area contributed by atoms with Gasteiger partial charge in [-0.3, -0.25) is 4.79 Å². The van der Waals surface area contributed by atoms with Crippen LogP contribution in [0.3, 0.4) is 0 Å². The van der Waals surface area contributed by atoms with Gasteiger partial charge in [-0.2, -0.15) is 0 Å². The Hall–Kier alpha value is -0.860. The van der Waals surface area contributed by atoms with E-state index in [9.17, 15) is 9.59 Å². The van der Waals surface area contributed by atoms with Crippen molar-refractivity contribution in [1.82, 2.24) is 0 Å². The average molecular weight is 296 g/mol. The molecule has 0 N–H and O–H groups in total. The zero-order valence-electron chi connectivity index (χ0n) is 15.2. The minimum Gasteiger partial charge on any atom is -0.459 e. The maximum atomic E-state index is 12.8. The summed E-state index contributed by atoms with van der Waals surface area (Å²) in [6, 6.07) is 0. The average Bonchev–Trinajstić information content (AvgIpc) is 2.32. The zero-order chi connectivity index (χ0) is 16.9. The molecule has 0 bridgehead atoms. The highest BCUT2D eigenvalue weighted by atomic mass is 16.6. The fourth-order valence-corrected chi connectivity index (χ4v) is 3.42. The molecule has 1 aliphatic rings. The summed E-state index contributed by atoms with van der Waals surface area (Å²) in [5, 5.41) is 0. The summed E-state index contributed by atoms with van der Waals surface area (Å²) in [4.78, 5) is 24.2. The molecule has 2 atom stereocenters. The van der Waals surface area contributed by atoms with E-state index in [1.165, 1.54) is 0 Å². The second-order valence-corrected chi connectivity index (χ2v) is 8.73. The molecule has 0 aromatic rings. The van der Waals surface area contributed by atoms with Crippen LogP contribution in [0.4, 0.5) is 0 Å². The number of esters is 1. The van der Waals surface area contributed by atoms with E-state index >= 15 is 0 Å². The van der Waals surface area contributed by atoms with Crippen molar-refractivity contribution >= 4 is 12.3 Å². The predicted molar refractivity (Wildman–Crippen MR) is 84.8 cm³/mol. The molecule has 0 saturated carbocycles. The monoisotopic (exact) mass is 296 g/mol. The maximum absolute atomic E-state index is 12.8. The summed E-state index contributed by atoms with van der Waals surface area (Å²) < 4.78 is 5.81. The Morgan fingerprint density at radius 3 is 1.86 bits per heavy atom. The molecule has 3 nitrogen and oxygen atoms in total. The van der Waals surface area contributed by atoms with E-state index in [1.807, 2.05) is 34.6 Å². The van der Waals surface area contributed by atoms with E-state index in [0.29, 0.717) is 6.42 Å². The molecule has 1 rings (SSSR count). The van der Waals surface area contributed by atoms with Gasteiger partial charge in [0.1, 0.15) is 11.9 Å². The van der Waals surface area contributed by atoms with Gasteiger partial charge in [-0.05, 0) is 38.5 Å². The lowest BCUT2D eigenvalue weighted by Crippen LogP contribution is -2.65. The number of ether oxygens (including phenoxy) is 1. The molecule has 1 heterocycles. The lowest BCUT2D eigenvalue weighted by Gasteiger charge is -2.62. The third kappa shape index (κ3) is 2.43. The SMILES string of the molecule is CC(C)C(C=O)CC1(C)C(=O)OC(C)(C)C(C)(C)C1(C)C. The molecule has 0 radical (unpaired) electrons. The lowest BCUT2D eigenvalue weighted by atomic mass is 9.46. The minimum absolute atomic E-state index is 0.126. The van der Waals surface area contributed by atoms with Crippen LogP contribution in [0.5, 0.6) is 0 Å². The smallest absolute Gasteiger partial charge is 0.312 e. The van der Waals surface area contributed by atoms with Crippen LogP contribution in [0, 0.1) is 28.1 Å². The van der Waals surface area contributed by atoms with Crippen LogP contribution in [0.1, 0.15) is 68.7 Å². The molecule has 2 unspecified atom stereocenters. The molecule has 0 spiro atoms. The van der Waals surface area contributed by atoms with E-state index in [0.717, 1.165) is 6.29 Å². The first-order valence-corrected chi connectivity index (χ1v) is 7.93. The number of aldehydes is 1. The Balaban J connectivity index is 3.34. The number of carbonyl (C=O) groups is 2. The van der Waals surface area contributed by atoms with Crippen molar-refractivity contribution in [2.45, 2.75) is 74.3 Å². The van der Waals surface area contributed by atoms with Crippen molar-refractivity contribution in [2.75, 3.05) is 0 Å². The van der Waals surface area contributed by atoms with Gasteiger partial charge in [0.2, 0.25) is 0 Å². The third-order valence-electron chi connectivity index (χ3n) is 6.92. The largest absolute Gasteiger partial charge is 0.459 e. The number of rotatable bonds is 4. The molecule has 122 valence electrons. The van der Waals surface area contributed by atoms with Gasteiger partial charge in [-0.25, -0.2) is 0 Å². The standard InChI is InChI=1S/C18H32O3/c1-12(2)13(11-19)10-18(9)14(20)21-17(7,8)15(3,4)16(18,5)6/h11-13H,10H2,1-9H3. The molecule has 0 aromatic heterocycles. The van der Waals surface area contributed by atoms with Crippen molar-refractivity contribution in [3.63, 3.8) is 0 Å². The van der Waals surface area contributed by atoms with E-state index in [-0.39, 0.29) is 28.6 Å². The van der Waals surface area contributed by atoms with Crippen molar-refractivity contribution in [2.24, 2.45) is 28.1 Å². The molecule has 0 aliphatic carbocycles. The molecule has 3 heteroatoms. The van der Waals surface area contributed by atoms with E-state index < -0.39 is 11.0 Å². The maximum Gasteiger partial charge on any atom is 0.312 e. The highest BCUT2D eigenvalue weighted by Gasteiger charge is 2.66. The van der Waals surface area contributed by atoms with Gasteiger partial charge in [0.25, 0.3) is 0 Å². The first kappa shape index (κ1) is 18.2. The van der Waals surface area contributed by atoms with Crippen LogP contribution in [0.15, 0.2) is 0 Å². The lowest BCUT2D eigenvalue weighted by molar-refractivity contribution is -0.244. The molecular weight excluding hydrogens is 264 g/mol. The number of cyclic esters (lactones) is 1. The summed E-state index contributed by atoms with van der Waals surface area (Å²) in [5.74, 6) is -0.0795. The molecule has 0 aromatic carbocycles. The summed E-state index contributed by atoms with van der Waals surface area (Å²) in [5.41, 5.74) is -1.68. The molecule has 0 amide bonds. The van der Waals surface area contributed by atoms with Gasteiger partial charge in [-0.15, -0.1) is 0 Å². The Bertz CT molecular complexity index is 432. The normalized spacial score (nSPS) is 31.6. The Morgan fingerprint density at radius 2 is 1.48 bits per heavy atom. The van der Waals surface area contributed by atoms with E-state index in [2.05, 4.69) is 27.7 Å². The van der Waals surface area contributed by atoms with Crippen molar-refractivity contribution in [3.8, 4) is 0 Å². The molecule has 1 fully saturated rings. The Labute approximate surface area is 129 Å². The van der Waals surface area contributed by atoms with Crippen molar-refractivity contribution < 1.29 is 14.3 Å². The number of carbonyl (C=O) groups excluding carboxylic acids is 2. The highest BCUT2D eigenvalue weighted by molar-refractivity contribution is 5.80. The van der Waals surface area contributed by atoms with Gasteiger partial charge in [0.05, 0.1) is 5.41 Å². The van der Waals surface area contributed by atoms with Crippen LogP contribution in [-0.4, -0.2) is 17.9 Å². The second kappa shape index (κ2) is 5.10. The summed E-state index contributed by atoms with van der Waals surface area (Å²) >= 11 is 0. The quantitative estimate of drug-likeness (QED) is 0.575. The molecule has 21 heavy (non-hydrogen) atoms. The van der Waals surface area contributed by atoms with Gasteiger partial charge in [0.15, 0.2) is 0 Å². The van der Waals surface area contributed by atoms with Crippen LogP contribution < -0.4 is 0 Å². The molecular formula is C18H32O3. The van der Waals surface area contributed by atoms with Crippen LogP contribution >= 0.6 is 0 Å². The first-order valence-electron chi connectivity index (χ1n) is 7.93. The first-order chi connectivity index (χ1) is 9.24. The fourth-order valence-electron chi connectivity index (χ4n) is 3.42. The minimum atomic E-state index is -0.665. The van der Waals surface area contributed by atoms with Crippen molar-refractivity contribution in [3.05, 3.63) is 0 Å². The van der Waals surface area contributed by atoms with Gasteiger partial charge in [0, 0.05) is 11.3 Å². The topological polar surface area (TPSA) is 43.4 Å². The van der Waals surface area contributed by atoms with Gasteiger partial charge in [-0.1, -0.05) is 41.5 Å². The molecule has 1 aliphatic heterocycles.